The minimum absolute atomic E-state index is 0.414. The Morgan fingerprint density at radius 1 is 1.64 bits per heavy atom. The molecule has 4 nitrogen and oxygen atoms in total. The smallest absolute Gasteiger partial charge is 0.312 e. The van der Waals surface area contributed by atoms with E-state index in [0.717, 1.165) is 18.7 Å². The molecule has 78 valence electrons. The van der Waals surface area contributed by atoms with Gasteiger partial charge in [0, 0.05) is 12.7 Å². The highest BCUT2D eigenvalue weighted by Gasteiger charge is 2.21. The summed E-state index contributed by atoms with van der Waals surface area (Å²) in [5.41, 5.74) is 0.807. The molecule has 1 atom stereocenters. The number of aliphatic carboxylic acids is 1. The second-order valence-corrected chi connectivity index (χ2v) is 3.25. The van der Waals surface area contributed by atoms with E-state index in [4.69, 9.17) is 5.11 Å². The molecule has 1 N–H and O–H groups in total. The first-order chi connectivity index (χ1) is 6.70. The van der Waals surface area contributed by atoms with Crippen LogP contribution in [0.25, 0.3) is 0 Å². The molecule has 1 aromatic heterocycles. The fourth-order valence-electron chi connectivity index (χ4n) is 1.59. The predicted octanol–water partition coefficient (Wildman–Crippen LogP) is 1.87. The third kappa shape index (κ3) is 2.13. The van der Waals surface area contributed by atoms with E-state index in [-0.39, 0.29) is 0 Å². The van der Waals surface area contributed by atoms with Crippen LogP contribution in [0.2, 0.25) is 0 Å². The number of carbonyl (C=O) groups is 1. The van der Waals surface area contributed by atoms with Crippen molar-refractivity contribution in [3.05, 3.63) is 18.0 Å². The van der Waals surface area contributed by atoms with Crippen LogP contribution >= 0.6 is 0 Å². The van der Waals surface area contributed by atoms with Crippen molar-refractivity contribution >= 4 is 5.97 Å². The number of hydrogen-bond acceptors (Lipinski definition) is 2. The van der Waals surface area contributed by atoms with Crippen LogP contribution in [0, 0.1) is 0 Å². The summed E-state index contributed by atoms with van der Waals surface area (Å²) in [5, 5.41) is 13.1. The monoisotopic (exact) mass is 196 g/mol. The van der Waals surface area contributed by atoms with Crippen LogP contribution in [-0.4, -0.2) is 20.9 Å². The molecular weight excluding hydrogens is 180 g/mol. The lowest BCUT2D eigenvalue weighted by Crippen LogP contribution is -2.16. The Morgan fingerprint density at radius 3 is 2.86 bits per heavy atom. The van der Waals surface area contributed by atoms with Gasteiger partial charge in [0.25, 0.3) is 0 Å². The molecule has 14 heavy (non-hydrogen) atoms. The van der Waals surface area contributed by atoms with Gasteiger partial charge in [-0.05, 0) is 19.4 Å². The van der Waals surface area contributed by atoms with E-state index >= 15 is 0 Å². The molecule has 0 aliphatic rings. The van der Waals surface area contributed by atoms with Gasteiger partial charge < -0.3 is 5.11 Å². The molecule has 0 spiro atoms. The first-order valence-corrected chi connectivity index (χ1v) is 4.95. The molecule has 0 radical (unpaired) electrons. The molecule has 0 amide bonds. The van der Waals surface area contributed by atoms with E-state index in [1.54, 1.807) is 16.9 Å². The van der Waals surface area contributed by atoms with Gasteiger partial charge in [-0.2, -0.15) is 5.10 Å². The second kappa shape index (κ2) is 4.79. The third-order valence-corrected chi connectivity index (χ3v) is 2.28. The van der Waals surface area contributed by atoms with Crippen molar-refractivity contribution in [2.75, 3.05) is 0 Å². The Hall–Kier alpha value is -1.32. The lowest BCUT2D eigenvalue weighted by molar-refractivity contribution is -0.139. The molecule has 1 aromatic rings. The average Bonchev–Trinajstić information content (AvgIpc) is 2.61. The number of hydrogen-bond donors (Lipinski definition) is 1. The molecule has 0 fully saturated rings. The summed E-state index contributed by atoms with van der Waals surface area (Å²) in [6.07, 6.45) is 3.19. The van der Waals surface area contributed by atoms with Gasteiger partial charge in [-0.3, -0.25) is 9.48 Å². The van der Waals surface area contributed by atoms with Gasteiger partial charge in [0.1, 0.15) is 0 Å². The van der Waals surface area contributed by atoms with Crippen LogP contribution in [0.5, 0.6) is 0 Å². The molecule has 1 rings (SSSR count). The van der Waals surface area contributed by atoms with E-state index in [1.807, 2.05) is 13.8 Å². The first kappa shape index (κ1) is 10.8. The van der Waals surface area contributed by atoms with E-state index in [0.29, 0.717) is 6.42 Å². The van der Waals surface area contributed by atoms with Gasteiger partial charge in [0.15, 0.2) is 0 Å². The van der Waals surface area contributed by atoms with Gasteiger partial charge >= 0.3 is 5.97 Å². The number of aryl methyl sites for hydroxylation is 1. The third-order valence-electron chi connectivity index (χ3n) is 2.28. The van der Waals surface area contributed by atoms with Gasteiger partial charge in [-0.25, -0.2) is 0 Å². The van der Waals surface area contributed by atoms with Gasteiger partial charge in [-0.1, -0.05) is 13.3 Å². The topological polar surface area (TPSA) is 55.1 Å². The van der Waals surface area contributed by atoms with Crippen molar-refractivity contribution in [3.63, 3.8) is 0 Å². The summed E-state index contributed by atoms with van der Waals surface area (Å²) in [7, 11) is 0. The summed E-state index contributed by atoms with van der Waals surface area (Å²) in [6, 6.07) is 1.79. The minimum atomic E-state index is -0.762. The van der Waals surface area contributed by atoms with Gasteiger partial charge in [0.05, 0.1) is 11.6 Å². The predicted molar refractivity (Wildman–Crippen MR) is 53.2 cm³/mol. The van der Waals surface area contributed by atoms with Crippen molar-refractivity contribution < 1.29 is 9.90 Å². The molecule has 0 saturated carbocycles. The lowest BCUT2D eigenvalue weighted by Gasteiger charge is -2.12. The van der Waals surface area contributed by atoms with Crippen LogP contribution in [0.4, 0.5) is 0 Å². The summed E-state index contributed by atoms with van der Waals surface area (Å²) in [5.74, 6) is -1.18. The molecule has 0 aliphatic heterocycles. The van der Waals surface area contributed by atoms with Crippen LogP contribution in [-0.2, 0) is 11.3 Å². The normalized spacial score (nSPS) is 12.7. The standard InChI is InChI=1S/C10H16N2O2/c1-3-5-8(10(13)14)9-6-7-11-12(9)4-2/h6-8H,3-5H2,1-2H3,(H,13,14). The number of rotatable bonds is 5. The fourth-order valence-corrected chi connectivity index (χ4v) is 1.59. The maximum atomic E-state index is 11.0. The molecule has 0 bridgehead atoms. The van der Waals surface area contributed by atoms with E-state index in [2.05, 4.69) is 5.10 Å². The zero-order valence-corrected chi connectivity index (χ0v) is 8.60. The Balaban J connectivity index is 2.92. The zero-order valence-electron chi connectivity index (χ0n) is 8.60. The quantitative estimate of drug-likeness (QED) is 0.782. The summed E-state index contributed by atoms with van der Waals surface area (Å²) in [6.45, 7) is 4.67. The molecule has 0 saturated heterocycles. The fraction of sp³-hybridized carbons (Fsp3) is 0.600. The Labute approximate surface area is 83.5 Å². The van der Waals surface area contributed by atoms with E-state index < -0.39 is 11.9 Å². The number of carboxylic acids is 1. The average molecular weight is 196 g/mol. The highest BCUT2D eigenvalue weighted by atomic mass is 16.4. The molecule has 4 heteroatoms. The Morgan fingerprint density at radius 2 is 2.36 bits per heavy atom. The van der Waals surface area contributed by atoms with Crippen LogP contribution in [0.3, 0.4) is 0 Å². The minimum Gasteiger partial charge on any atom is -0.481 e. The van der Waals surface area contributed by atoms with Gasteiger partial charge in [0.2, 0.25) is 0 Å². The summed E-state index contributed by atoms with van der Waals surface area (Å²) in [4.78, 5) is 11.0. The van der Waals surface area contributed by atoms with Crippen molar-refractivity contribution in [2.24, 2.45) is 0 Å². The van der Waals surface area contributed by atoms with Crippen LogP contribution in [0.1, 0.15) is 38.3 Å². The highest BCUT2D eigenvalue weighted by molar-refractivity contribution is 5.75. The largest absolute Gasteiger partial charge is 0.481 e. The second-order valence-electron chi connectivity index (χ2n) is 3.25. The Bertz CT molecular complexity index is 307. The zero-order chi connectivity index (χ0) is 10.6. The number of nitrogens with zero attached hydrogens (tertiary/aromatic N) is 2. The van der Waals surface area contributed by atoms with Crippen LogP contribution < -0.4 is 0 Å². The van der Waals surface area contributed by atoms with Crippen LogP contribution in [0.15, 0.2) is 12.3 Å². The molecule has 0 aliphatic carbocycles. The number of aromatic nitrogens is 2. The lowest BCUT2D eigenvalue weighted by atomic mass is 10.00. The summed E-state index contributed by atoms with van der Waals surface area (Å²) < 4.78 is 1.74. The first-order valence-electron chi connectivity index (χ1n) is 4.95. The van der Waals surface area contributed by atoms with Crippen molar-refractivity contribution in [1.82, 2.24) is 9.78 Å². The van der Waals surface area contributed by atoms with Gasteiger partial charge in [-0.15, -0.1) is 0 Å². The van der Waals surface area contributed by atoms with Crippen molar-refractivity contribution in [2.45, 2.75) is 39.2 Å². The molecule has 1 unspecified atom stereocenters. The van der Waals surface area contributed by atoms with E-state index in [9.17, 15) is 4.79 Å². The maximum Gasteiger partial charge on any atom is 0.312 e. The van der Waals surface area contributed by atoms with Crippen molar-refractivity contribution in [3.8, 4) is 0 Å². The van der Waals surface area contributed by atoms with E-state index in [1.165, 1.54) is 0 Å². The molecule has 1 heterocycles. The maximum absolute atomic E-state index is 11.0. The molecule has 0 aromatic carbocycles. The SMILES string of the molecule is CCCC(C(=O)O)c1ccnn1CC. The van der Waals surface area contributed by atoms with Crippen molar-refractivity contribution in [1.29, 1.82) is 0 Å². The highest BCUT2D eigenvalue weighted by Crippen LogP contribution is 2.21. The Kier molecular flexibility index (Phi) is 3.68. The molecular formula is C10H16N2O2. The summed E-state index contributed by atoms with van der Waals surface area (Å²) >= 11 is 0. The number of carboxylic acid groups (broad SMARTS) is 1.